The minimum atomic E-state index is 0.597. The van der Waals surface area contributed by atoms with E-state index in [1.165, 1.54) is 18.5 Å². The first-order valence-corrected chi connectivity index (χ1v) is 8.27. The van der Waals surface area contributed by atoms with Crippen LogP contribution >= 0.6 is 11.6 Å². The molecule has 1 aromatic rings. The third-order valence-electron chi connectivity index (χ3n) is 4.12. The molecule has 0 spiro atoms. The van der Waals surface area contributed by atoms with Gasteiger partial charge in [-0.1, -0.05) is 25.4 Å². The Hall–Kier alpha value is -0.580. The average molecular weight is 299 g/mol. The highest BCUT2D eigenvalue weighted by atomic mass is 35.5. The van der Waals surface area contributed by atoms with E-state index >= 15 is 0 Å². The molecule has 1 aliphatic heterocycles. The minimum absolute atomic E-state index is 0.597. The third-order valence-corrected chi connectivity index (χ3v) is 4.56. The summed E-state index contributed by atoms with van der Waals surface area (Å²) in [6.07, 6.45) is 3.28. The standard InChI is InChI=1S/C15H27ClN4/c1-4-12-10-19(9-7-8-17-12)11-14-15(16)13(5-2)18-20(14)6-3/h12,17H,4-11H2,1-3H3. The number of halogens is 1. The van der Waals surface area contributed by atoms with Gasteiger partial charge in [0.15, 0.2) is 0 Å². The van der Waals surface area contributed by atoms with Crippen LogP contribution < -0.4 is 5.32 Å². The van der Waals surface area contributed by atoms with Crippen LogP contribution in [0.25, 0.3) is 0 Å². The van der Waals surface area contributed by atoms with Crippen molar-refractivity contribution in [1.82, 2.24) is 20.0 Å². The topological polar surface area (TPSA) is 33.1 Å². The zero-order valence-corrected chi connectivity index (χ0v) is 13.7. The minimum Gasteiger partial charge on any atom is -0.313 e. The van der Waals surface area contributed by atoms with Crippen LogP contribution in [0.5, 0.6) is 0 Å². The third kappa shape index (κ3) is 3.54. The number of aromatic nitrogens is 2. The van der Waals surface area contributed by atoms with Gasteiger partial charge >= 0.3 is 0 Å². The summed E-state index contributed by atoms with van der Waals surface area (Å²) in [4.78, 5) is 2.52. The fourth-order valence-electron chi connectivity index (χ4n) is 2.87. The Bertz CT molecular complexity index is 430. The van der Waals surface area contributed by atoms with Crippen LogP contribution in [-0.2, 0) is 19.5 Å². The molecule has 2 heterocycles. The second-order valence-electron chi connectivity index (χ2n) is 5.52. The van der Waals surface area contributed by atoms with Gasteiger partial charge in [0.25, 0.3) is 0 Å². The summed E-state index contributed by atoms with van der Waals surface area (Å²) in [5, 5.41) is 9.10. The molecule has 4 nitrogen and oxygen atoms in total. The number of nitrogens with zero attached hydrogens (tertiary/aromatic N) is 3. The molecular weight excluding hydrogens is 272 g/mol. The van der Waals surface area contributed by atoms with Gasteiger partial charge in [-0.15, -0.1) is 0 Å². The highest BCUT2D eigenvalue weighted by Gasteiger charge is 2.20. The van der Waals surface area contributed by atoms with Crippen molar-refractivity contribution in [3.8, 4) is 0 Å². The molecule has 1 atom stereocenters. The largest absolute Gasteiger partial charge is 0.313 e. The van der Waals surface area contributed by atoms with Crippen molar-refractivity contribution in [3.63, 3.8) is 0 Å². The van der Waals surface area contributed by atoms with Crippen LogP contribution in [0, 0.1) is 0 Å². The lowest BCUT2D eigenvalue weighted by molar-refractivity contribution is 0.250. The van der Waals surface area contributed by atoms with Crippen LogP contribution in [0.15, 0.2) is 0 Å². The molecule has 1 aromatic heterocycles. The first-order chi connectivity index (χ1) is 9.69. The molecule has 1 saturated heterocycles. The fourth-order valence-corrected chi connectivity index (χ4v) is 3.20. The van der Waals surface area contributed by atoms with E-state index in [1.54, 1.807) is 0 Å². The average Bonchev–Trinajstić information content (AvgIpc) is 2.65. The summed E-state index contributed by atoms with van der Waals surface area (Å²) in [7, 11) is 0. The normalized spacial score (nSPS) is 21.1. The zero-order valence-electron chi connectivity index (χ0n) is 13.0. The van der Waals surface area contributed by atoms with Crippen molar-refractivity contribution < 1.29 is 0 Å². The molecule has 1 unspecified atom stereocenters. The fraction of sp³-hybridized carbons (Fsp3) is 0.800. The van der Waals surface area contributed by atoms with Gasteiger partial charge in [0.1, 0.15) is 0 Å². The Morgan fingerprint density at radius 2 is 2.15 bits per heavy atom. The van der Waals surface area contributed by atoms with E-state index in [0.717, 1.165) is 49.9 Å². The SMILES string of the molecule is CCc1nn(CC)c(CN2CCCNC(CC)C2)c1Cl. The van der Waals surface area contributed by atoms with Crippen molar-refractivity contribution >= 4 is 11.6 Å². The first kappa shape index (κ1) is 15.8. The van der Waals surface area contributed by atoms with Gasteiger partial charge in [0.2, 0.25) is 0 Å². The maximum atomic E-state index is 6.51. The molecular formula is C15H27ClN4. The summed E-state index contributed by atoms with van der Waals surface area (Å²) in [5.41, 5.74) is 2.21. The van der Waals surface area contributed by atoms with Gasteiger partial charge in [-0.3, -0.25) is 9.58 Å². The predicted octanol–water partition coefficient (Wildman–Crippen LogP) is 2.69. The van der Waals surface area contributed by atoms with Gasteiger partial charge < -0.3 is 5.32 Å². The molecule has 0 bridgehead atoms. The van der Waals surface area contributed by atoms with E-state index in [-0.39, 0.29) is 0 Å². The van der Waals surface area contributed by atoms with Crippen molar-refractivity contribution in [2.75, 3.05) is 19.6 Å². The summed E-state index contributed by atoms with van der Waals surface area (Å²) in [5.74, 6) is 0. The van der Waals surface area contributed by atoms with E-state index < -0.39 is 0 Å². The number of hydrogen-bond donors (Lipinski definition) is 1. The van der Waals surface area contributed by atoms with Gasteiger partial charge in [-0.25, -0.2) is 0 Å². The Kier molecular flexibility index (Phi) is 5.87. The molecule has 5 heteroatoms. The highest BCUT2D eigenvalue weighted by molar-refractivity contribution is 6.31. The van der Waals surface area contributed by atoms with Crippen molar-refractivity contribution in [1.29, 1.82) is 0 Å². The summed E-state index contributed by atoms with van der Waals surface area (Å²) in [6, 6.07) is 0.597. The number of rotatable bonds is 5. The van der Waals surface area contributed by atoms with Crippen molar-refractivity contribution in [2.24, 2.45) is 0 Å². The second kappa shape index (κ2) is 7.43. The summed E-state index contributed by atoms with van der Waals surface area (Å²) >= 11 is 6.51. The van der Waals surface area contributed by atoms with Crippen LogP contribution in [-0.4, -0.2) is 40.4 Å². The molecule has 0 aromatic carbocycles. The highest BCUT2D eigenvalue weighted by Crippen LogP contribution is 2.23. The molecule has 114 valence electrons. The molecule has 2 rings (SSSR count). The molecule has 1 aliphatic rings. The molecule has 0 amide bonds. The number of aryl methyl sites for hydroxylation is 2. The molecule has 20 heavy (non-hydrogen) atoms. The van der Waals surface area contributed by atoms with Crippen LogP contribution in [0.3, 0.4) is 0 Å². The van der Waals surface area contributed by atoms with E-state index in [2.05, 4.69) is 40.8 Å². The first-order valence-electron chi connectivity index (χ1n) is 7.89. The second-order valence-corrected chi connectivity index (χ2v) is 5.90. The van der Waals surface area contributed by atoms with Gasteiger partial charge in [-0.2, -0.15) is 5.10 Å². The van der Waals surface area contributed by atoms with Gasteiger partial charge in [-0.05, 0) is 39.3 Å². The molecule has 1 N–H and O–H groups in total. The van der Waals surface area contributed by atoms with Crippen LogP contribution in [0.1, 0.15) is 45.0 Å². The Morgan fingerprint density at radius 1 is 1.35 bits per heavy atom. The predicted molar refractivity (Wildman–Crippen MR) is 84.3 cm³/mol. The summed E-state index contributed by atoms with van der Waals surface area (Å²) in [6.45, 7) is 11.7. The lowest BCUT2D eigenvalue weighted by Gasteiger charge is -2.24. The lowest BCUT2D eigenvalue weighted by Crippen LogP contribution is -2.37. The van der Waals surface area contributed by atoms with Gasteiger partial charge in [0.05, 0.1) is 16.4 Å². The molecule has 0 radical (unpaired) electrons. The van der Waals surface area contributed by atoms with Gasteiger partial charge in [0, 0.05) is 25.7 Å². The van der Waals surface area contributed by atoms with E-state index in [9.17, 15) is 0 Å². The maximum absolute atomic E-state index is 6.51. The van der Waals surface area contributed by atoms with E-state index in [4.69, 9.17) is 11.6 Å². The quantitative estimate of drug-likeness (QED) is 0.907. The Balaban J connectivity index is 2.13. The maximum Gasteiger partial charge on any atom is 0.0863 e. The van der Waals surface area contributed by atoms with Crippen molar-refractivity contribution in [3.05, 3.63) is 16.4 Å². The number of hydrogen-bond acceptors (Lipinski definition) is 3. The zero-order chi connectivity index (χ0) is 14.5. The monoisotopic (exact) mass is 298 g/mol. The lowest BCUT2D eigenvalue weighted by atomic mass is 10.2. The number of nitrogens with one attached hydrogen (secondary N) is 1. The smallest absolute Gasteiger partial charge is 0.0863 e. The van der Waals surface area contributed by atoms with Crippen LogP contribution in [0.4, 0.5) is 0 Å². The Morgan fingerprint density at radius 3 is 2.80 bits per heavy atom. The molecule has 1 fully saturated rings. The van der Waals surface area contributed by atoms with E-state index in [0.29, 0.717) is 6.04 Å². The molecule has 0 saturated carbocycles. The Labute approximate surface area is 127 Å². The van der Waals surface area contributed by atoms with Crippen LogP contribution in [0.2, 0.25) is 5.02 Å². The van der Waals surface area contributed by atoms with Crippen molar-refractivity contribution in [2.45, 2.75) is 59.2 Å². The molecule has 0 aliphatic carbocycles. The van der Waals surface area contributed by atoms with E-state index in [1.807, 2.05) is 0 Å². The summed E-state index contributed by atoms with van der Waals surface area (Å²) < 4.78 is 2.07.